The molecule has 6 heteroatoms. The first kappa shape index (κ1) is 24.7. The van der Waals surface area contributed by atoms with Crippen molar-refractivity contribution >= 4 is 11.8 Å². The number of aliphatic hydroxyl groups excluding tert-OH is 1. The van der Waals surface area contributed by atoms with Gasteiger partial charge in [0.05, 0.1) is 19.1 Å². The summed E-state index contributed by atoms with van der Waals surface area (Å²) in [6.07, 6.45) is 3.58. The first-order chi connectivity index (χ1) is 15.3. The molecule has 7 atom stereocenters. The Morgan fingerprint density at radius 1 is 1.22 bits per heavy atom. The minimum absolute atomic E-state index is 0.0223. The van der Waals surface area contributed by atoms with Crippen molar-refractivity contribution in [3.05, 3.63) is 35.9 Å². The SMILES string of the molecule is COCCNC(=O)[C@@H](C)[C@H]1CC[C@]2(C)CC[C@H](NC(=O)Cc3ccccc3)[C@H](C)[C@@H]2[C@H]1O. The van der Waals surface area contributed by atoms with E-state index in [0.717, 1.165) is 31.2 Å². The van der Waals surface area contributed by atoms with E-state index in [9.17, 15) is 14.7 Å². The van der Waals surface area contributed by atoms with E-state index < -0.39 is 6.10 Å². The minimum atomic E-state index is -0.555. The highest BCUT2D eigenvalue weighted by molar-refractivity contribution is 5.79. The van der Waals surface area contributed by atoms with Crippen LogP contribution in [0.25, 0.3) is 0 Å². The molecular weight excluding hydrogens is 404 g/mol. The lowest BCUT2D eigenvalue weighted by Gasteiger charge is -2.56. The highest BCUT2D eigenvalue weighted by Crippen LogP contribution is 2.55. The van der Waals surface area contributed by atoms with E-state index in [0.29, 0.717) is 19.6 Å². The van der Waals surface area contributed by atoms with Crippen LogP contribution in [-0.2, 0) is 20.7 Å². The maximum atomic E-state index is 12.7. The first-order valence-corrected chi connectivity index (χ1v) is 12.0. The van der Waals surface area contributed by atoms with Gasteiger partial charge >= 0.3 is 0 Å². The van der Waals surface area contributed by atoms with Crippen molar-refractivity contribution in [2.45, 2.75) is 65.0 Å². The van der Waals surface area contributed by atoms with Crippen molar-refractivity contribution in [2.75, 3.05) is 20.3 Å². The van der Waals surface area contributed by atoms with Gasteiger partial charge in [-0.25, -0.2) is 0 Å². The molecule has 2 aliphatic rings. The second kappa shape index (κ2) is 10.8. The standard InChI is InChI=1S/C26H40N2O4/c1-17(25(31)27-14-15-32-4)20-10-12-26(3)13-11-21(18(2)23(26)24(20)30)28-22(29)16-19-8-6-5-7-9-19/h5-9,17-18,20-21,23-24,30H,10-16H2,1-4H3,(H,27,31)(H,28,29)/t17-,18-,20+,21-,23+,24-,26+/m0/s1. The van der Waals surface area contributed by atoms with Crippen LogP contribution >= 0.6 is 0 Å². The van der Waals surface area contributed by atoms with Gasteiger partial charge in [0.2, 0.25) is 11.8 Å². The molecule has 2 fully saturated rings. The highest BCUT2D eigenvalue weighted by atomic mass is 16.5. The molecule has 0 spiro atoms. The lowest BCUT2D eigenvalue weighted by molar-refractivity contribution is -0.143. The van der Waals surface area contributed by atoms with Gasteiger partial charge in [-0.2, -0.15) is 0 Å². The Kier molecular flexibility index (Phi) is 8.34. The van der Waals surface area contributed by atoms with Gasteiger partial charge in [0, 0.05) is 25.6 Å². The van der Waals surface area contributed by atoms with Gasteiger partial charge in [-0.1, -0.05) is 51.1 Å². The van der Waals surface area contributed by atoms with E-state index in [1.165, 1.54) is 0 Å². The Bertz CT molecular complexity index is 770. The Hall–Kier alpha value is -1.92. The van der Waals surface area contributed by atoms with Crippen molar-refractivity contribution < 1.29 is 19.4 Å². The lowest BCUT2D eigenvalue weighted by Crippen LogP contribution is -2.58. The van der Waals surface area contributed by atoms with Gasteiger partial charge < -0.3 is 20.5 Å². The molecule has 6 nitrogen and oxygen atoms in total. The first-order valence-electron chi connectivity index (χ1n) is 12.0. The number of amides is 2. The summed E-state index contributed by atoms with van der Waals surface area (Å²) < 4.78 is 5.02. The van der Waals surface area contributed by atoms with Crippen molar-refractivity contribution in [3.8, 4) is 0 Å². The van der Waals surface area contributed by atoms with E-state index >= 15 is 0 Å². The van der Waals surface area contributed by atoms with Crippen LogP contribution in [-0.4, -0.2) is 49.3 Å². The Morgan fingerprint density at radius 3 is 2.59 bits per heavy atom. The average molecular weight is 445 g/mol. The molecule has 0 heterocycles. The van der Waals surface area contributed by atoms with Gasteiger partial charge in [0.25, 0.3) is 0 Å². The molecule has 1 aromatic carbocycles. The summed E-state index contributed by atoms with van der Waals surface area (Å²) in [6.45, 7) is 7.32. The Balaban J connectivity index is 1.65. The number of methoxy groups -OCH3 is 1. The zero-order valence-electron chi connectivity index (χ0n) is 20.0. The quantitative estimate of drug-likeness (QED) is 0.538. The van der Waals surface area contributed by atoms with E-state index in [-0.39, 0.29) is 46.9 Å². The number of hydrogen-bond acceptors (Lipinski definition) is 4. The van der Waals surface area contributed by atoms with Crippen LogP contribution in [0.2, 0.25) is 0 Å². The molecule has 0 unspecified atom stereocenters. The number of nitrogens with one attached hydrogen (secondary N) is 2. The van der Waals surface area contributed by atoms with Crippen molar-refractivity contribution in [3.63, 3.8) is 0 Å². The summed E-state index contributed by atoms with van der Waals surface area (Å²) in [5.41, 5.74) is 1.05. The Morgan fingerprint density at radius 2 is 1.91 bits per heavy atom. The summed E-state index contributed by atoms with van der Waals surface area (Å²) in [5.74, 6) is -0.111. The number of carbonyl (C=O) groups is 2. The summed E-state index contributed by atoms with van der Waals surface area (Å²) in [7, 11) is 1.61. The molecule has 2 aliphatic carbocycles. The molecule has 3 rings (SSSR count). The van der Waals surface area contributed by atoms with Crippen LogP contribution < -0.4 is 10.6 Å². The van der Waals surface area contributed by atoms with Gasteiger partial charge in [0.1, 0.15) is 0 Å². The van der Waals surface area contributed by atoms with Crippen molar-refractivity contribution in [1.82, 2.24) is 10.6 Å². The molecule has 0 bridgehead atoms. The molecule has 178 valence electrons. The molecule has 2 saturated carbocycles. The van der Waals surface area contributed by atoms with E-state index in [1.54, 1.807) is 7.11 Å². The van der Waals surface area contributed by atoms with E-state index in [1.807, 2.05) is 37.3 Å². The summed E-state index contributed by atoms with van der Waals surface area (Å²) >= 11 is 0. The predicted molar refractivity (Wildman–Crippen MR) is 125 cm³/mol. The van der Waals surface area contributed by atoms with Gasteiger partial charge in [-0.05, 0) is 54.4 Å². The number of rotatable bonds is 8. The van der Waals surface area contributed by atoms with Gasteiger partial charge in [-0.3, -0.25) is 9.59 Å². The fourth-order valence-electron chi connectivity index (χ4n) is 6.17. The minimum Gasteiger partial charge on any atom is -0.392 e. The monoisotopic (exact) mass is 444 g/mol. The molecule has 0 radical (unpaired) electrons. The Labute approximate surface area is 192 Å². The largest absolute Gasteiger partial charge is 0.392 e. The number of carbonyl (C=O) groups excluding carboxylic acids is 2. The van der Waals surface area contributed by atoms with E-state index in [2.05, 4.69) is 24.5 Å². The molecule has 3 N–H and O–H groups in total. The van der Waals surface area contributed by atoms with Crippen LogP contribution in [0.15, 0.2) is 30.3 Å². The molecule has 0 aromatic heterocycles. The molecule has 32 heavy (non-hydrogen) atoms. The maximum Gasteiger partial charge on any atom is 0.224 e. The smallest absolute Gasteiger partial charge is 0.224 e. The number of aliphatic hydroxyl groups is 1. The van der Waals surface area contributed by atoms with Crippen molar-refractivity contribution in [2.24, 2.45) is 29.1 Å². The van der Waals surface area contributed by atoms with Crippen LogP contribution in [0, 0.1) is 29.1 Å². The number of fused-ring (bicyclic) bond motifs is 1. The summed E-state index contributed by atoms with van der Waals surface area (Å²) in [6, 6.07) is 9.82. The van der Waals surface area contributed by atoms with Gasteiger partial charge in [0.15, 0.2) is 0 Å². The number of hydrogen-bond donors (Lipinski definition) is 3. The fourth-order valence-corrected chi connectivity index (χ4v) is 6.17. The van der Waals surface area contributed by atoms with Crippen LogP contribution in [0.3, 0.4) is 0 Å². The maximum absolute atomic E-state index is 12.7. The topological polar surface area (TPSA) is 87.7 Å². The van der Waals surface area contributed by atoms with Gasteiger partial charge in [-0.15, -0.1) is 0 Å². The van der Waals surface area contributed by atoms with Crippen LogP contribution in [0.1, 0.15) is 52.0 Å². The molecule has 2 amide bonds. The third-order valence-corrected chi connectivity index (χ3v) is 8.10. The van der Waals surface area contributed by atoms with Crippen LogP contribution in [0.5, 0.6) is 0 Å². The zero-order valence-corrected chi connectivity index (χ0v) is 20.0. The molecule has 1 aromatic rings. The lowest BCUT2D eigenvalue weighted by atomic mass is 9.51. The molecule has 0 aliphatic heterocycles. The van der Waals surface area contributed by atoms with Crippen LogP contribution in [0.4, 0.5) is 0 Å². The third kappa shape index (κ3) is 5.52. The highest BCUT2D eigenvalue weighted by Gasteiger charge is 2.53. The normalized spacial score (nSPS) is 33.1. The number of ether oxygens (including phenoxy) is 1. The van der Waals surface area contributed by atoms with Crippen molar-refractivity contribution in [1.29, 1.82) is 0 Å². The summed E-state index contributed by atoms with van der Waals surface area (Å²) in [5, 5.41) is 17.6. The predicted octanol–water partition coefficient (Wildman–Crippen LogP) is 2.94. The molecular formula is C26H40N2O4. The zero-order chi connectivity index (χ0) is 23.3. The third-order valence-electron chi connectivity index (χ3n) is 8.10. The fraction of sp³-hybridized carbons (Fsp3) is 0.692. The number of benzene rings is 1. The van der Waals surface area contributed by atoms with E-state index in [4.69, 9.17) is 4.74 Å². The second-order valence-electron chi connectivity index (χ2n) is 10.2. The summed E-state index contributed by atoms with van der Waals surface area (Å²) in [4.78, 5) is 25.3. The average Bonchev–Trinajstić information content (AvgIpc) is 2.76. The second-order valence-corrected chi connectivity index (χ2v) is 10.2. The molecule has 0 saturated heterocycles.